The maximum Gasteiger partial charge on any atom is 0.251 e. The van der Waals surface area contributed by atoms with Crippen molar-refractivity contribution in [3.05, 3.63) is 60.2 Å². The van der Waals surface area contributed by atoms with Crippen LogP contribution in [0.5, 0.6) is 0 Å². The van der Waals surface area contributed by atoms with Gasteiger partial charge in [0.05, 0.1) is 18.0 Å². The van der Waals surface area contributed by atoms with Crippen LogP contribution in [0.2, 0.25) is 0 Å². The van der Waals surface area contributed by atoms with Crippen molar-refractivity contribution in [3.8, 4) is 0 Å². The Bertz CT molecular complexity index is 842. The summed E-state index contributed by atoms with van der Waals surface area (Å²) in [5.74, 6) is -0.406. The van der Waals surface area contributed by atoms with Crippen LogP contribution in [0.15, 0.2) is 54.6 Å². The van der Waals surface area contributed by atoms with Crippen LogP contribution in [-0.4, -0.2) is 26.8 Å². The van der Waals surface area contributed by atoms with Gasteiger partial charge in [0.25, 0.3) is 5.91 Å². The summed E-state index contributed by atoms with van der Waals surface area (Å²) in [4.78, 5) is 24.0. The summed E-state index contributed by atoms with van der Waals surface area (Å²) >= 11 is 0. The van der Waals surface area contributed by atoms with Gasteiger partial charge in [0.15, 0.2) is 0 Å². The molecule has 0 aliphatic carbocycles. The summed E-state index contributed by atoms with van der Waals surface area (Å²) in [6.45, 7) is 1.44. The summed E-state index contributed by atoms with van der Waals surface area (Å²) in [5, 5.41) is 10.7. The number of amides is 1. The van der Waals surface area contributed by atoms with Crippen LogP contribution in [0.3, 0.4) is 0 Å². The fourth-order valence-electron chi connectivity index (χ4n) is 2.50. The molecule has 1 amide bonds. The van der Waals surface area contributed by atoms with E-state index >= 15 is 0 Å². The number of para-hydroxylation sites is 1. The number of nitrogens with one attached hydrogen (secondary N) is 1. The Morgan fingerprint density at radius 1 is 1.09 bits per heavy atom. The molecule has 0 radical (unpaired) electrons. The largest absolute Gasteiger partial charge is 0.349 e. The highest BCUT2D eigenvalue weighted by Crippen LogP contribution is 2.19. The van der Waals surface area contributed by atoms with E-state index in [0.717, 1.165) is 5.56 Å². The van der Waals surface area contributed by atoms with Gasteiger partial charge in [0.2, 0.25) is 5.91 Å². The van der Waals surface area contributed by atoms with Gasteiger partial charge >= 0.3 is 0 Å². The molecule has 3 aromatic rings. The summed E-state index contributed by atoms with van der Waals surface area (Å²) in [5.41, 5.74) is 2.20. The summed E-state index contributed by atoms with van der Waals surface area (Å²) in [6, 6.07) is 16.3. The molecule has 1 unspecified atom stereocenters. The Morgan fingerprint density at radius 3 is 2.52 bits per heavy atom. The SMILES string of the molecule is CC(=O)NC(CC(=O)n1nnc2ccccc21)c1ccccc1. The monoisotopic (exact) mass is 308 g/mol. The maximum atomic E-state index is 12.6. The van der Waals surface area contributed by atoms with Gasteiger partial charge in [-0.2, -0.15) is 4.68 Å². The van der Waals surface area contributed by atoms with Gasteiger partial charge in [0, 0.05) is 6.92 Å². The van der Waals surface area contributed by atoms with E-state index in [-0.39, 0.29) is 18.2 Å². The first-order valence-corrected chi connectivity index (χ1v) is 7.31. The predicted octanol–water partition coefficient (Wildman–Crippen LogP) is 2.34. The minimum absolute atomic E-state index is 0.108. The molecule has 0 spiro atoms. The summed E-state index contributed by atoms with van der Waals surface area (Å²) < 4.78 is 1.28. The Morgan fingerprint density at radius 2 is 1.78 bits per heavy atom. The minimum Gasteiger partial charge on any atom is -0.349 e. The molecule has 2 aromatic carbocycles. The van der Waals surface area contributed by atoms with Gasteiger partial charge in [0.1, 0.15) is 5.52 Å². The van der Waals surface area contributed by atoms with E-state index in [1.807, 2.05) is 42.5 Å². The van der Waals surface area contributed by atoms with Crippen LogP contribution < -0.4 is 5.32 Å². The lowest BCUT2D eigenvalue weighted by molar-refractivity contribution is -0.119. The molecule has 0 fully saturated rings. The lowest BCUT2D eigenvalue weighted by Gasteiger charge is -2.17. The van der Waals surface area contributed by atoms with Crippen LogP contribution >= 0.6 is 0 Å². The smallest absolute Gasteiger partial charge is 0.251 e. The topological polar surface area (TPSA) is 76.9 Å². The standard InChI is InChI=1S/C17H16N4O2/c1-12(22)18-15(13-7-3-2-4-8-13)11-17(23)21-16-10-6-5-9-14(16)19-20-21/h2-10,15H,11H2,1H3,(H,18,22). The first-order chi connectivity index (χ1) is 11.1. The van der Waals surface area contributed by atoms with Crippen molar-refractivity contribution in [3.63, 3.8) is 0 Å². The molecule has 1 N–H and O–H groups in total. The van der Waals surface area contributed by atoms with E-state index in [2.05, 4.69) is 15.6 Å². The fourth-order valence-corrected chi connectivity index (χ4v) is 2.50. The number of fused-ring (bicyclic) bond motifs is 1. The quantitative estimate of drug-likeness (QED) is 0.802. The van der Waals surface area contributed by atoms with Crippen LogP contribution in [0.25, 0.3) is 11.0 Å². The summed E-state index contributed by atoms with van der Waals surface area (Å²) in [6.07, 6.45) is 0.108. The molecule has 0 aliphatic heterocycles. The van der Waals surface area contributed by atoms with E-state index < -0.39 is 6.04 Å². The third-order valence-corrected chi connectivity index (χ3v) is 3.55. The number of nitrogens with zero attached hydrogens (tertiary/aromatic N) is 3. The number of carbonyl (C=O) groups is 2. The van der Waals surface area contributed by atoms with Crippen molar-refractivity contribution in [2.45, 2.75) is 19.4 Å². The van der Waals surface area contributed by atoms with Gasteiger partial charge in [-0.15, -0.1) is 5.10 Å². The summed E-state index contributed by atoms with van der Waals surface area (Å²) in [7, 11) is 0. The second-order valence-corrected chi connectivity index (χ2v) is 5.25. The normalized spacial score (nSPS) is 12.0. The zero-order chi connectivity index (χ0) is 16.2. The Hall–Kier alpha value is -3.02. The molecule has 6 nitrogen and oxygen atoms in total. The van der Waals surface area contributed by atoms with Crippen LogP contribution in [0, 0.1) is 0 Å². The molecular formula is C17H16N4O2. The number of hydrogen-bond acceptors (Lipinski definition) is 4. The average molecular weight is 308 g/mol. The molecule has 6 heteroatoms. The van der Waals surface area contributed by atoms with Gasteiger partial charge in [-0.25, -0.2) is 0 Å². The molecule has 0 bridgehead atoms. The third-order valence-electron chi connectivity index (χ3n) is 3.55. The van der Waals surface area contributed by atoms with Gasteiger partial charge in [-0.3, -0.25) is 9.59 Å². The van der Waals surface area contributed by atoms with E-state index in [4.69, 9.17) is 0 Å². The number of carbonyl (C=O) groups excluding carboxylic acids is 2. The fraction of sp³-hybridized carbons (Fsp3) is 0.176. The molecule has 3 rings (SSSR count). The molecule has 0 aliphatic rings. The first-order valence-electron chi connectivity index (χ1n) is 7.31. The van der Waals surface area contributed by atoms with Gasteiger partial charge < -0.3 is 5.32 Å². The highest BCUT2D eigenvalue weighted by molar-refractivity contribution is 5.89. The Labute approximate surface area is 133 Å². The van der Waals surface area contributed by atoms with Crippen LogP contribution in [-0.2, 0) is 4.79 Å². The Kier molecular flexibility index (Phi) is 4.14. The number of benzene rings is 2. The highest BCUT2D eigenvalue weighted by Gasteiger charge is 2.20. The van der Waals surface area contributed by atoms with Crippen molar-refractivity contribution in [2.75, 3.05) is 0 Å². The molecule has 0 saturated heterocycles. The molecular weight excluding hydrogens is 292 g/mol. The highest BCUT2D eigenvalue weighted by atomic mass is 16.2. The molecule has 1 heterocycles. The zero-order valence-electron chi connectivity index (χ0n) is 12.6. The van der Waals surface area contributed by atoms with Crippen molar-refractivity contribution in [1.29, 1.82) is 0 Å². The number of rotatable bonds is 4. The van der Waals surface area contributed by atoms with Crippen LogP contribution in [0.1, 0.15) is 29.7 Å². The van der Waals surface area contributed by atoms with E-state index in [9.17, 15) is 9.59 Å². The van der Waals surface area contributed by atoms with Gasteiger partial charge in [-0.1, -0.05) is 47.7 Å². The van der Waals surface area contributed by atoms with E-state index in [1.54, 1.807) is 12.1 Å². The van der Waals surface area contributed by atoms with E-state index in [0.29, 0.717) is 11.0 Å². The van der Waals surface area contributed by atoms with Crippen molar-refractivity contribution >= 4 is 22.8 Å². The second-order valence-electron chi connectivity index (χ2n) is 5.25. The minimum atomic E-state index is -0.399. The molecule has 1 atom stereocenters. The molecule has 23 heavy (non-hydrogen) atoms. The average Bonchev–Trinajstić information content (AvgIpc) is 2.99. The van der Waals surface area contributed by atoms with Crippen molar-refractivity contribution in [1.82, 2.24) is 20.3 Å². The van der Waals surface area contributed by atoms with Crippen LogP contribution in [0.4, 0.5) is 0 Å². The lowest BCUT2D eigenvalue weighted by atomic mass is 10.0. The zero-order valence-corrected chi connectivity index (χ0v) is 12.6. The molecule has 116 valence electrons. The molecule has 0 saturated carbocycles. The van der Waals surface area contributed by atoms with E-state index in [1.165, 1.54) is 11.6 Å². The first kappa shape index (κ1) is 14.9. The number of aromatic nitrogens is 3. The van der Waals surface area contributed by atoms with Gasteiger partial charge in [-0.05, 0) is 17.7 Å². The second kappa shape index (κ2) is 6.39. The number of hydrogen-bond donors (Lipinski definition) is 1. The maximum absolute atomic E-state index is 12.6. The predicted molar refractivity (Wildman–Crippen MR) is 85.8 cm³/mol. The third kappa shape index (κ3) is 3.26. The Balaban J connectivity index is 1.87. The van der Waals surface area contributed by atoms with Crippen molar-refractivity contribution < 1.29 is 9.59 Å². The van der Waals surface area contributed by atoms with Crippen molar-refractivity contribution in [2.24, 2.45) is 0 Å². The molecule has 1 aromatic heterocycles. The lowest BCUT2D eigenvalue weighted by Crippen LogP contribution is -2.29.